The van der Waals surface area contributed by atoms with Crippen LogP contribution >= 0.6 is 0 Å². The minimum atomic E-state index is 0.0896. The SMILES string of the molecule is COc1ccc(CCNCCC(=O)NCCc2c[nH]c3ccccc23)cc1. The first-order valence-electron chi connectivity index (χ1n) is 9.41. The summed E-state index contributed by atoms with van der Waals surface area (Å²) < 4.78 is 5.15. The van der Waals surface area contributed by atoms with E-state index in [9.17, 15) is 4.79 Å². The van der Waals surface area contributed by atoms with Gasteiger partial charge in [-0.3, -0.25) is 4.79 Å². The average molecular weight is 365 g/mol. The molecule has 0 aliphatic heterocycles. The number of hydrogen-bond donors (Lipinski definition) is 3. The molecule has 0 bridgehead atoms. The number of methoxy groups -OCH3 is 1. The second-order valence-corrected chi connectivity index (χ2v) is 6.56. The highest BCUT2D eigenvalue weighted by molar-refractivity contribution is 5.83. The first-order chi connectivity index (χ1) is 13.3. The molecule has 1 amide bonds. The summed E-state index contributed by atoms with van der Waals surface area (Å²) in [5.41, 5.74) is 3.63. The molecule has 0 fully saturated rings. The molecular formula is C22H27N3O2. The molecule has 0 atom stereocenters. The lowest BCUT2D eigenvalue weighted by molar-refractivity contribution is -0.120. The van der Waals surface area contributed by atoms with E-state index >= 15 is 0 Å². The van der Waals surface area contributed by atoms with Crippen LogP contribution in [0.15, 0.2) is 54.7 Å². The number of carbonyl (C=O) groups excluding carboxylic acids is 1. The number of carbonyl (C=O) groups is 1. The van der Waals surface area contributed by atoms with Crippen LogP contribution in [-0.4, -0.2) is 37.6 Å². The summed E-state index contributed by atoms with van der Waals surface area (Å²) in [7, 11) is 1.67. The molecule has 0 aliphatic rings. The molecule has 3 N–H and O–H groups in total. The standard InChI is InChI=1S/C22H27N3O2/c1-27-19-8-6-17(7-9-19)10-13-23-14-12-22(26)24-15-11-18-16-25-21-5-3-2-4-20(18)21/h2-9,16,23,25H,10-15H2,1H3,(H,24,26). The Morgan fingerprint density at radius 3 is 2.63 bits per heavy atom. The fraction of sp³-hybridized carbons (Fsp3) is 0.318. The molecule has 27 heavy (non-hydrogen) atoms. The summed E-state index contributed by atoms with van der Waals surface area (Å²) in [5.74, 6) is 0.961. The lowest BCUT2D eigenvalue weighted by atomic mass is 10.1. The van der Waals surface area contributed by atoms with Crippen molar-refractivity contribution in [2.45, 2.75) is 19.3 Å². The highest BCUT2D eigenvalue weighted by atomic mass is 16.5. The van der Waals surface area contributed by atoms with Gasteiger partial charge in [0.1, 0.15) is 5.75 Å². The van der Waals surface area contributed by atoms with Gasteiger partial charge in [-0.1, -0.05) is 30.3 Å². The predicted molar refractivity (Wildman–Crippen MR) is 109 cm³/mol. The predicted octanol–water partition coefficient (Wildman–Crippen LogP) is 3.06. The Hall–Kier alpha value is -2.79. The van der Waals surface area contributed by atoms with Crippen molar-refractivity contribution in [1.29, 1.82) is 0 Å². The number of aromatic amines is 1. The molecule has 142 valence electrons. The van der Waals surface area contributed by atoms with Gasteiger partial charge in [0.15, 0.2) is 0 Å². The number of rotatable bonds is 10. The Morgan fingerprint density at radius 1 is 1.00 bits per heavy atom. The number of nitrogens with one attached hydrogen (secondary N) is 3. The van der Waals surface area contributed by atoms with Gasteiger partial charge in [-0.15, -0.1) is 0 Å². The van der Waals surface area contributed by atoms with Gasteiger partial charge in [-0.25, -0.2) is 0 Å². The highest BCUT2D eigenvalue weighted by Gasteiger charge is 2.04. The van der Waals surface area contributed by atoms with Crippen molar-refractivity contribution in [3.63, 3.8) is 0 Å². The Balaban J connectivity index is 1.28. The molecule has 3 rings (SSSR count). The Kier molecular flexibility index (Phi) is 6.88. The maximum atomic E-state index is 12.0. The Bertz CT molecular complexity index is 855. The summed E-state index contributed by atoms with van der Waals surface area (Å²) in [6.07, 6.45) is 4.29. The number of benzene rings is 2. The molecule has 0 saturated carbocycles. The fourth-order valence-corrected chi connectivity index (χ4v) is 3.12. The van der Waals surface area contributed by atoms with Gasteiger partial charge in [-0.2, -0.15) is 0 Å². The van der Waals surface area contributed by atoms with Crippen LogP contribution in [0, 0.1) is 0 Å². The zero-order chi connectivity index (χ0) is 18.9. The van der Waals surface area contributed by atoms with Gasteiger partial charge in [0.25, 0.3) is 0 Å². The fourth-order valence-electron chi connectivity index (χ4n) is 3.12. The summed E-state index contributed by atoms with van der Waals surface area (Å²) in [6, 6.07) is 16.3. The van der Waals surface area contributed by atoms with E-state index in [1.54, 1.807) is 7.11 Å². The van der Waals surface area contributed by atoms with Crippen LogP contribution in [0.1, 0.15) is 17.5 Å². The van der Waals surface area contributed by atoms with Crippen LogP contribution in [-0.2, 0) is 17.6 Å². The molecule has 0 saturated heterocycles. The molecule has 3 aromatic rings. The maximum Gasteiger partial charge on any atom is 0.221 e. The van der Waals surface area contributed by atoms with Gasteiger partial charge in [0, 0.05) is 36.6 Å². The molecule has 0 aliphatic carbocycles. The summed E-state index contributed by atoms with van der Waals surface area (Å²) in [6.45, 7) is 2.20. The van der Waals surface area contributed by atoms with E-state index in [0.29, 0.717) is 19.5 Å². The number of ether oxygens (including phenoxy) is 1. The van der Waals surface area contributed by atoms with Crippen molar-refractivity contribution in [3.8, 4) is 5.75 Å². The van der Waals surface area contributed by atoms with E-state index in [1.165, 1.54) is 16.5 Å². The van der Waals surface area contributed by atoms with E-state index in [1.807, 2.05) is 30.5 Å². The van der Waals surface area contributed by atoms with Crippen LogP contribution in [0.2, 0.25) is 0 Å². The Morgan fingerprint density at radius 2 is 1.81 bits per heavy atom. The van der Waals surface area contributed by atoms with Crippen LogP contribution in [0.5, 0.6) is 5.75 Å². The minimum Gasteiger partial charge on any atom is -0.497 e. The molecule has 0 radical (unpaired) electrons. The second-order valence-electron chi connectivity index (χ2n) is 6.56. The number of hydrogen-bond acceptors (Lipinski definition) is 3. The molecule has 5 heteroatoms. The molecule has 1 aromatic heterocycles. The van der Waals surface area contributed by atoms with E-state index in [0.717, 1.165) is 30.7 Å². The van der Waals surface area contributed by atoms with Crippen molar-refractivity contribution in [2.75, 3.05) is 26.7 Å². The lowest BCUT2D eigenvalue weighted by Crippen LogP contribution is -2.29. The zero-order valence-electron chi connectivity index (χ0n) is 15.8. The summed E-state index contributed by atoms with van der Waals surface area (Å²) >= 11 is 0. The van der Waals surface area contributed by atoms with Gasteiger partial charge in [-0.05, 0) is 48.7 Å². The molecule has 1 heterocycles. The van der Waals surface area contributed by atoms with E-state index < -0.39 is 0 Å². The summed E-state index contributed by atoms with van der Waals surface area (Å²) in [4.78, 5) is 15.2. The van der Waals surface area contributed by atoms with Crippen molar-refractivity contribution in [3.05, 3.63) is 65.9 Å². The van der Waals surface area contributed by atoms with Crippen molar-refractivity contribution in [2.24, 2.45) is 0 Å². The monoisotopic (exact) mass is 365 g/mol. The van der Waals surface area contributed by atoms with Crippen LogP contribution < -0.4 is 15.4 Å². The number of H-pyrrole nitrogens is 1. The average Bonchev–Trinajstić information content (AvgIpc) is 3.11. The zero-order valence-corrected chi connectivity index (χ0v) is 15.8. The summed E-state index contributed by atoms with van der Waals surface area (Å²) in [5, 5.41) is 7.55. The van der Waals surface area contributed by atoms with Crippen LogP contribution in [0.25, 0.3) is 10.9 Å². The minimum absolute atomic E-state index is 0.0896. The van der Waals surface area contributed by atoms with Crippen molar-refractivity contribution in [1.82, 2.24) is 15.6 Å². The number of aromatic nitrogens is 1. The molecule has 0 unspecified atom stereocenters. The third-order valence-corrected chi connectivity index (χ3v) is 4.67. The third-order valence-electron chi connectivity index (χ3n) is 4.67. The van der Waals surface area contributed by atoms with Gasteiger partial charge in [0.05, 0.1) is 7.11 Å². The van der Waals surface area contributed by atoms with Gasteiger partial charge in [0.2, 0.25) is 5.91 Å². The third kappa shape index (κ3) is 5.59. The van der Waals surface area contributed by atoms with Crippen LogP contribution in [0.3, 0.4) is 0 Å². The number of fused-ring (bicyclic) bond motifs is 1. The van der Waals surface area contributed by atoms with E-state index in [-0.39, 0.29) is 5.91 Å². The number of para-hydroxylation sites is 1. The normalized spacial score (nSPS) is 10.9. The van der Waals surface area contributed by atoms with Gasteiger partial charge < -0.3 is 20.4 Å². The Labute approximate surface area is 160 Å². The molecule has 0 spiro atoms. The molecular weight excluding hydrogens is 338 g/mol. The maximum absolute atomic E-state index is 12.0. The van der Waals surface area contributed by atoms with Crippen molar-refractivity contribution >= 4 is 16.8 Å². The highest BCUT2D eigenvalue weighted by Crippen LogP contribution is 2.17. The number of amides is 1. The quantitative estimate of drug-likeness (QED) is 0.484. The first kappa shape index (κ1) is 19.0. The first-order valence-corrected chi connectivity index (χ1v) is 9.41. The topological polar surface area (TPSA) is 66.2 Å². The molecule has 5 nitrogen and oxygen atoms in total. The van der Waals surface area contributed by atoms with Crippen molar-refractivity contribution < 1.29 is 9.53 Å². The van der Waals surface area contributed by atoms with E-state index in [4.69, 9.17) is 4.74 Å². The lowest BCUT2D eigenvalue weighted by Gasteiger charge is -2.07. The van der Waals surface area contributed by atoms with Gasteiger partial charge >= 0.3 is 0 Å². The van der Waals surface area contributed by atoms with E-state index in [2.05, 4.69) is 39.9 Å². The molecule has 2 aromatic carbocycles. The van der Waals surface area contributed by atoms with Crippen LogP contribution in [0.4, 0.5) is 0 Å². The smallest absolute Gasteiger partial charge is 0.221 e. The second kappa shape index (κ2) is 9.78. The largest absolute Gasteiger partial charge is 0.497 e.